The molecule has 18 heavy (non-hydrogen) atoms. The highest BCUT2D eigenvalue weighted by atomic mass is 15.1. The van der Waals surface area contributed by atoms with Gasteiger partial charge in [0.25, 0.3) is 0 Å². The fourth-order valence-electron chi connectivity index (χ4n) is 3.34. The number of aromatic nitrogens is 2. The summed E-state index contributed by atoms with van der Waals surface area (Å²) in [6, 6.07) is 0.409. The summed E-state index contributed by atoms with van der Waals surface area (Å²) in [6.07, 6.45) is 10.6. The van der Waals surface area contributed by atoms with Crippen molar-refractivity contribution >= 4 is 0 Å². The summed E-state index contributed by atoms with van der Waals surface area (Å²) in [7, 11) is 0. The van der Waals surface area contributed by atoms with Crippen LogP contribution >= 0.6 is 0 Å². The molecule has 1 fully saturated rings. The SMILES string of the molecule is CCCn1ccnc1C(NCC)C1(C)CCCC1. The maximum atomic E-state index is 4.64. The molecule has 0 spiro atoms. The van der Waals surface area contributed by atoms with Crippen LogP contribution in [0.3, 0.4) is 0 Å². The molecular weight excluding hydrogens is 222 g/mol. The van der Waals surface area contributed by atoms with Gasteiger partial charge >= 0.3 is 0 Å². The van der Waals surface area contributed by atoms with Crippen molar-refractivity contribution in [2.24, 2.45) is 5.41 Å². The topological polar surface area (TPSA) is 29.9 Å². The van der Waals surface area contributed by atoms with Crippen LogP contribution in [0.15, 0.2) is 12.4 Å². The zero-order valence-corrected chi connectivity index (χ0v) is 12.1. The average Bonchev–Trinajstić information content (AvgIpc) is 2.97. The number of nitrogens with zero attached hydrogens (tertiary/aromatic N) is 2. The van der Waals surface area contributed by atoms with E-state index in [2.05, 4.69) is 41.8 Å². The van der Waals surface area contributed by atoms with Crippen molar-refractivity contribution in [3.63, 3.8) is 0 Å². The minimum atomic E-state index is 0.382. The minimum absolute atomic E-state index is 0.382. The lowest BCUT2D eigenvalue weighted by atomic mass is 9.80. The number of aryl methyl sites for hydroxylation is 1. The van der Waals surface area contributed by atoms with E-state index in [1.165, 1.54) is 37.9 Å². The predicted octanol–water partition coefficient (Wildman–Crippen LogP) is 3.52. The normalized spacial score (nSPS) is 20.2. The Bertz CT molecular complexity index is 364. The van der Waals surface area contributed by atoms with Gasteiger partial charge in [0.05, 0.1) is 6.04 Å². The zero-order valence-electron chi connectivity index (χ0n) is 12.1. The van der Waals surface area contributed by atoms with Gasteiger partial charge < -0.3 is 9.88 Å². The van der Waals surface area contributed by atoms with Gasteiger partial charge in [0.2, 0.25) is 0 Å². The van der Waals surface area contributed by atoms with Crippen molar-refractivity contribution in [3.05, 3.63) is 18.2 Å². The lowest BCUT2D eigenvalue weighted by Gasteiger charge is -2.34. The summed E-state index contributed by atoms with van der Waals surface area (Å²) in [6.45, 7) is 8.94. The lowest BCUT2D eigenvalue weighted by molar-refractivity contribution is 0.212. The molecule has 1 heterocycles. The monoisotopic (exact) mass is 249 g/mol. The molecule has 0 aliphatic heterocycles. The molecule has 0 radical (unpaired) electrons. The molecule has 1 aromatic heterocycles. The van der Waals surface area contributed by atoms with Crippen LogP contribution in [0.2, 0.25) is 0 Å². The van der Waals surface area contributed by atoms with Crippen LogP contribution in [-0.4, -0.2) is 16.1 Å². The first-order valence-corrected chi connectivity index (χ1v) is 7.45. The highest BCUT2D eigenvalue weighted by Gasteiger charge is 2.39. The van der Waals surface area contributed by atoms with E-state index in [-0.39, 0.29) is 0 Å². The Kier molecular flexibility index (Phi) is 4.44. The van der Waals surface area contributed by atoms with Crippen LogP contribution in [-0.2, 0) is 6.54 Å². The van der Waals surface area contributed by atoms with Crippen molar-refractivity contribution in [2.75, 3.05) is 6.54 Å². The predicted molar refractivity (Wildman–Crippen MR) is 75.5 cm³/mol. The number of hydrogen-bond donors (Lipinski definition) is 1. The molecule has 3 heteroatoms. The second kappa shape index (κ2) is 5.87. The van der Waals surface area contributed by atoms with Gasteiger partial charge in [0.15, 0.2) is 0 Å². The van der Waals surface area contributed by atoms with E-state index < -0.39 is 0 Å². The first-order valence-electron chi connectivity index (χ1n) is 7.45. The van der Waals surface area contributed by atoms with Crippen LogP contribution in [0.5, 0.6) is 0 Å². The van der Waals surface area contributed by atoms with Crippen LogP contribution in [0, 0.1) is 5.41 Å². The first-order chi connectivity index (χ1) is 8.71. The summed E-state index contributed by atoms with van der Waals surface area (Å²) >= 11 is 0. The molecule has 0 amide bonds. The van der Waals surface area contributed by atoms with Crippen LogP contribution < -0.4 is 5.32 Å². The van der Waals surface area contributed by atoms with Gasteiger partial charge in [-0.05, 0) is 31.2 Å². The van der Waals surface area contributed by atoms with E-state index in [1.54, 1.807) is 0 Å². The maximum absolute atomic E-state index is 4.64. The molecule has 0 bridgehead atoms. The number of rotatable bonds is 6. The Morgan fingerprint density at radius 2 is 2.11 bits per heavy atom. The molecule has 0 saturated heterocycles. The maximum Gasteiger partial charge on any atom is 0.126 e. The average molecular weight is 249 g/mol. The van der Waals surface area contributed by atoms with Gasteiger partial charge in [-0.3, -0.25) is 0 Å². The highest BCUT2D eigenvalue weighted by Crippen LogP contribution is 2.46. The Hall–Kier alpha value is -0.830. The third kappa shape index (κ3) is 2.61. The largest absolute Gasteiger partial charge is 0.334 e. The van der Waals surface area contributed by atoms with Crippen LogP contribution in [0.25, 0.3) is 0 Å². The molecule has 2 rings (SSSR count). The second-order valence-electron chi connectivity index (χ2n) is 5.83. The quantitative estimate of drug-likeness (QED) is 0.836. The van der Waals surface area contributed by atoms with Gasteiger partial charge in [-0.1, -0.05) is 33.6 Å². The number of hydrogen-bond acceptors (Lipinski definition) is 2. The lowest BCUT2D eigenvalue weighted by Crippen LogP contribution is -2.36. The van der Waals surface area contributed by atoms with E-state index in [4.69, 9.17) is 0 Å². The number of imidazole rings is 1. The summed E-state index contributed by atoms with van der Waals surface area (Å²) < 4.78 is 2.33. The zero-order chi connectivity index (χ0) is 13.0. The van der Waals surface area contributed by atoms with Gasteiger partial charge in [-0.15, -0.1) is 0 Å². The number of nitrogens with one attached hydrogen (secondary N) is 1. The molecule has 1 aliphatic carbocycles. The molecule has 1 unspecified atom stereocenters. The highest BCUT2D eigenvalue weighted by molar-refractivity contribution is 5.07. The molecule has 1 aliphatic rings. The van der Waals surface area contributed by atoms with Crippen LogP contribution in [0.1, 0.15) is 64.7 Å². The van der Waals surface area contributed by atoms with Crippen molar-refractivity contribution in [1.29, 1.82) is 0 Å². The summed E-state index contributed by atoms with van der Waals surface area (Å²) in [5.41, 5.74) is 0.382. The second-order valence-corrected chi connectivity index (χ2v) is 5.83. The summed E-state index contributed by atoms with van der Waals surface area (Å²) in [4.78, 5) is 4.64. The Morgan fingerprint density at radius 3 is 2.72 bits per heavy atom. The Labute approximate surface area is 111 Å². The molecular formula is C15H27N3. The molecule has 102 valence electrons. The molecule has 1 aromatic rings. The molecule has 1 atom stereocenters. The van der Waals surface area contributed by atoms with E-state index in [0.717, 1.165) is 13.1 Å². The Balaban J connectivity index is 2.25. The van der Waals surface area contributed by atoms with E-state index >= 15 is 0 Å². The molecule has 1 saturated carbocycles. The van der Waals surface area contributed by atoms with Crippen molar-refractivity contribution in [3.8, 4) is 0 Å². The van der Waals surface area contributed by atoms with Crippen molar-refractivity contribution < 1.29 is 0 Å². The van der Waals surface area contributed by atoms with Gasteiger partial charge in [0, 0.05) is 18.9 Å². The molecule has 3 nitrogen and oxygen atoms in total. The molecule has 1 N–H and O–H groups in total. The summed E-state index contributed by atoms with van der Waals surface area (Å²) in [5, 5.41) is 3.68. The Morgan fingerprint density at radius 1 is 1.39 bits per heavy atom. The molecule has 0 aromatic carbocycles. The third-order valence-electron chi connectivity index (χ3n) is 4.32. The fraction of sp³-hybridized carbons (Fsp3) is 0.800. The van der Waals surface area contributed by atoms with E-state index in [1.807, 2.05) is 6.20 Å². The van der Waals surface area contributed by atoms with E-state index in [9.17, 15) is 0 Å². The van der Waals surface area contributed by atoms with Gasteiger partial charge in [0.1, 0.15) is 5.82 Å². The van der Waals surface area contributed by atoms with Gasteiger partial charge in [-0.25, -0.2) is 4.98 Å². The van der Waals surface area contributed by atoms with Crippen LogP contribution in [0.4, 0.5) is 0 Å². The van der Waals surface area contributed by atoms with Gasteiger partial charge in [-0.2, -0.15) is 0 Å². The third-order valence-corrected chi connectivity index (χ3v) is 4.32. The smallest absolute Gasteiger partial charge is 0.126 e. The van der Waals surface area contributed by atoms with Crippen molar-refractivity contribution in [2.45, 2.75) is 65.5 Å². The fourth-order valence-corrected chi connectivity index (χ4v) is 3.34. The standard InChI is InChI=1S/C15H27N3/c1-4-11-18-12-10-17-14(18)13(16-5-2)15(3)8-6-7-9-15/h10,12-13,16H,4-9,11H2,1-3H3. The van der Waals surface area contributed by atoms with E-state index in [0.29, 0.717) is 11.5 Å². The summed E-state index contributed by atoms with van der Waals surface area (Å²) in [5.74, 6) is 1.24. The van der Waals surface area contributed by atoms with Crippen molar-refractivity contribution in [1.82, 2.24) is 14.9 Å². The minimum Gasteiger partial charge on any atom is -0.334 e. The first kappa shape index (κ1) is 13.6.